The average molecular weight is 451 g/mol. The number of benzene rings is 2. The molecule has 3 rings (SSSR count). The van der Waals surface area contributed by atoms with Crippen LogP contribution in [0.25, 0.3) is 11.0 Å². The molecular weight excluding hydrogens is 440 g/mol. The molecule has 2 aromatic carbocycles. The third-order valence-electron chi connectivity index (χ3n) is 3.95. The van der Waals surface area contributed by atoms with Gasteiger partial charge in [-0.15, -0.1) is 0 Å². The van der Waals surface area contributed by atoms with E-state index in [1.807, 2.05) is 0 Å². The highest BCUT2D eigenvalue weighted by Gasteiger charge is 2.33. The average Bonchev–Trinajstić information content (AvgIpc) is 3.04. The van der Waals surface area contributed by atoms with E-state index >= 15 is 0 Å². The van der Waals surface area contributed by atoms with Crippen molar-refractivity contribution in [1.29, 1.82) is 0 Å². The van der Waals surface area contributed by atoms with Gasteiger partial charge >= 0.3 is 5.97 Å². The van der Waals surface area contributed by atoms with Crippen LogP contribution in [0.3, 0.4) is 0 Å². The van der Waals surface area contributed by atoms with Crippen LogP contribution in [0.15, 0.2) is 33.6 Å². The van der Waals surface area contributed by atoms with E-state index in [-0.39, 0.29) is 16.5 Å². The molecule has 0 spiro atoms. The first-order valence-electron chi connectivity index (χ1n) is 8.01. The van der Waals surface area contributed by atoms with Crippen molar-refractivity contribution in [2.75, 3.05) is 6.61 Å². The van der Waals surface area contributed by atoms with Crippen molar-refractivity contribution < 1.29 is 39.9 Å². The van der Waals surface area contributed by atoms with Crippen molar-refractivity contribution in [2.45, 2.75) is 17.6 Å². The first-order chi connectivity index (χ1) is 13.6. The van der Waals surface area contributed by atoms with Crippen molar-refractivity contribution in [3.63, 3.8) is 0 Å². The van der Waals surface area contributed by atoms with Gasteiger partial charge in [0.15, 0.2) is 27.1 Å². The van der Waals surface area contributed by atoms with Crippen LogP contribution in [0.5, 0.6) is 0 Å². The van der Waals surface area contributed by atoms with E-state index in [9.17, 15) is 30.8 Å². The predicted molar refractivity (Wildman–Crippen MR) is 94.3 cm³/mol. The third-order valence-corrected chi connectivity index (χ3v) is 5.84. The molecule has 0 aliphatic rings. The fourth-order valence-electron chi connectivity index (χ4n) is 2.66. The SMILES string of the molecule is CCOC(=O)c1c(CS(=O)(=O)c2ccc(Cl)cc2)oc2c(F)c(F)c(F)c(F)c12. The van der Waals surface area contributed by atoms with E-state index in [1.54, 1.807) is 0 Å². The summed E-state index contributed by atoms with van der Waals surface area (Å²) in [5.41, 5.74) is -1.97. The zero-order valence-corrected chi connectivity index (χ0v) is 16.1. The van der Waals surface area contributed by atoms with Gasteiger partial charge in [0, 0.05) is 5.02 Å². The highest BCUT2D eigenvalue weighted by Crippen LogP contribution is 2.35. The lowest BCUT2D eigenvalue weighted by molar-refractivity contribution is 0.0526. The molecule has 5 nitrogen and oxygen atoms in total. The second-order valence-electron chi connectivity index (χ2n) is 5.79. The molecule has 0 amide bonds. The van der Waals surface area contributed by atoms with Crippen LogP contribution < -0.4 is 0 Å². The number of ether oxygens (including phenoxy) is 1. The summed E-state index contributed by atoms with van der Waals surface area (Å²) in [4.78, 5) is 12.0. The van der Waals surface area contributed by atoms with Gasteiger partial charge in [-0.05, 0) is 31.2 Å². The molecule has 0 saturated carbocycles. The zero-order valence-electron chi connectivity index (χ0n) is 14.6. The van der Waals surface area contributed by atoms with Crippen LogP contribution >= 0.6 is 11.6 Å². The smallest absolute Gasteiger partial charge is 0.342 e. The largest absolute Gasteiger partial charge is 0.462 e. The minimum absolute atomic E-state index is 0.206. The second kappa shape index (κ2) is 7.68. The van der Waals surface area contributed by atoms with Gasteiger partial charge in [0.25, 0.3) is 0 Å². The van der Waals surface area contributed by atoms with Gasteiger partial charge in [0.05, 0.1) is 16.9 Å². The fourth-order valence-corrected chi connectivity index (χ4v) is 4.05. The van der Waals surface area contributed by atoms with Gasteiger partial charge in [-0.1, -0.05) is 11.6 Å². The normalized spacial score (nSPS) is 11.8. The Morgan fingerprint density at radius 3 is 2.21 bits per heavy atom. The van der Waals surface area contributed by atoms with Crippen molar-refractivity contribution in [1.82, 2.24) is 0 Å². The quantitative estimate of drug-likeness (QED) is 0.242. The number of carbonyl (C=O) groups excluding carboxylic acids is 1. The third kappa shape index (κ3) is 3.69. The van der Waals surface area contributed by atoms with Crippen LogP contribution in [0.2, 0.25) is 5.02 Å². The highest BCUT2D eigenvalue weighted by molar-refractivity contribution is 7.90. The number of sulfone groups is 1. The summed E-state index contributed by atoms with van der Waals surface area (Å²) in [5.74, 6) is -11.2. The van der Waals surface area contributed by atoms with E-state index in [2.05, 4.69) is 0 Å². The van der Waals surface area contributed by atoms with Crippen molar-refractivity contribution in [2.24, 2.45) is 0 Å². The Labute approximate surface area is 166 Å². The summed E-state index contributed by atoms with van der Waals surface area (Å²) in [6, 6.07) is 4.93. The van der Waals surface area contributed by atoms with Gasteiger partial charge in [-0.2, -0.15) is 4.39 Å². The molecule has 0 saturated heterocycles. The van der Waals surface area contributed by atoms with Crippen LogP contribution in [-0.2, 0) is 20.3 Å². The van der Waals surface area contributed by atoms with Gasteiger partial charge in [-0.3, -0.25) is 0 Å². The summed E-state index contributed by atoms with van der Waals surface area (Å²) in [6.07, 6.45) is 0. The first-order valence-corrected chi connectivity index (χ1v) is 10.0. The van der Waals surface area contributed by atoms with Crippen molar-refractivity contribution in [3.8, 4) is 0 Å². The molecule has 1 aromatic heterocycles. The fraction of sp³-hybridized carbons (Fsp3) is 0.167. The molecule has 0 fully saturated rings. The summed E-state index contributed by atoms with van der Waals surface area (Å²) in [5, 5.41) is -0.781. The zero-order chi connectivity index (χ0) is 21.5. The molecule has 0 atom stereocenters. The monoisotopic (exact) mass is 450 g/mol. The van der Waals surface area contributed by atoms with E-state index in [4.69, 9.17) is 20.8 Å². The Kier molecular flexibility index (Phi) is 5.59. The summed E-state index contributed by atoms with van der Waals surface area (Å²) < 4.78 is 90.6. The number of furan rings is 1. The number of hydrogen-bond acceptors (Lipinski definition) is 5. The molecule has 0 aliphatic carbocycles. The van der Waals surface area contributed by atoms with Crippen LogP contribution in [0, 0.1) is 23.3 Å². The predicted octanol–water partition coefficient (Wildman–Crippen LogP) is 4.79. The van der Waals surface area contributed by atoms with Gasteiger partial charge in [0.1, 0.15) is 17.1 Å². The number of carbonyl (C=O) groups is 1. The van der Waals surface area contributed by atoms with Gasteiger partial charge in [0.2, 0.25) is 11.6 Å². The first kappa shape index (κ1) is 21.1. The lowest BCUT2D eigenvalue weighted by atomic mass is 10.1. The van der Waals surface area contributed by atoms with E-state index in [0.29, 0.717) is 0 Å². The Morgan fingerprint density at radius 1 is 1.03 bits per heavy atom. The second-order valence-corrected chi connectivity index (χ2v) is 8.22. The standard InChI is InChI=1S/C18H11ClF4O5S/c1-2-27-18(24)11-10(7-29(25,26)9-5-3-8(19)4-6-9)28-17-12(11)13(20)14(21)15(22)16(17)23/h3-6H,2,7H2,1H3. The molecule has 29 heavy (non-hydrogen) atoms. The van der Waals surface area contributed by atoms with E-state index in [0.717, 1.165) is 0 Å². The number of hydrogen-bond donors (Lipinski definition) is 0. The van der Waals surface area contributed by atoms with Crippen molar-refractivity contribution in [3.05, 3.63) is 63.9 Å². The topological polar surface area (TPSA) is 73.6 Å². The Hall–Kier alpha value is -2.59. The van der Waals surface area contributed by atoms with Crippen molar-refractivity contribution >= 4 is 38.4 Å². The molecule has 0 bridgehead atoms. The molecule has 0 aliphatic heterocycles. The maximum absolute atomic E-state index is 14.3. The number of fused-ring (bicyclic) bond motifs is 1. The molecule has 1 heterocycles. The van der Waals surface area contributed by atoms with Crippen LogP contribution in [0.1, 0.15) is 23.0 Å². The minimum atomic E-state index is -4.19. The number of halogens is 5. The molecule has 0 N–H and O–H groups in total. The molecule has 0 unspecified atom stereocenters. The molecule has 11 heteroatoms. The summed E-state index contributed by atoms with van der Waals surface area (Å²) in [7, 11) is -4.19. The van der Waals surface area contributed by atoms with E-state index in [1.165, 1.54) is 31.2 Å². The highest BCUT2D eigenvalue weighted by atomic mass is 35.5. The lowest BCUT2D eigenvalue weighted by Crippen LogP contribution is -2.11. The number of rotatable bonds is 5. The lowest BCUT2D eigenvalue weighted by Gasteiger charge is -2.06. The maximum Gasteiger partial charge on any atom is 0.342 e. The Balaban J connectivity index is 2.25. The Bertz CT molecular complexity index is 1220. The minimum Gasteiger partial charge on any atom is -0.462 e. The Morgan fingerprint density at radius 2 is 1.62 bits per heavy atom. The van der Waals surface area contributed by atoms with Gasteiger partial charge < -0.3 is 9.15 Å². The summed E-state index contributed by atoms with van der Waals surface area (Å²) in [6.45, 7) is 1.20. The summed E-state index contributed by atoms with van der Waals surface area (Å²) >= 11 is 5.71. The van der Waals surface area contributed by atoms with Crippen LogP contribution in [0.4, 0.5) is 17.6 Å². The van der Waals surface area contributed by atoms with E-state index < -0.39 is 67.1 Å². The molecular formula is C18H11ClF4O5S. The van der Waals surface area contributed by atoms with Gasteiger partial charge in [-0.25, -0.2) is 26.4 Å². The molecule has 3 aromatic rings. The number of esters is 1. The molecule has 0 radical (unpaired) electrons. The maximum atomic E-state index is 14.3. The molecule has 154 valence electrons. The van der Waals surface area contributed by atoms with Crippen LogP contribution in [-0.4, -0.2) is 21.0 Å².